The first-order chi connectivity index (χ1) is 15.4. The molecule has 0 spiro atoms. The van der Waals surface area contributed by atoms with E-state index in [9.17, 15) is 14.4 Å². The van der Waals surface area contributed by atoms with Gasteiger partial charge in [0, 0.05) is 12.6 Å². The number of ether oxygens (including phenoxy) is 1. The molecule has 0 radical (unpaired) electrons. The van der Waals surface area contributed by atoms with E-state index in [2.05, 4.69) is 24.5 Å². The predicted molar refractivity (Wildman–Crippen MR) is 130 cm³/mol. The molecule has 1 aliphatic rings. The Morgan fingerprint density at radius 1 is 1.15 bits per heavy atom. The Morgan fingerprint density at radius 3 is 2.36 bits per heavy atom. The van der Waals surface area contributed by atoms with E-state index in [1.165, 1.54) is 0 Å². The Labute approximate surface area is 198 Å². The maximum atomic E-state index is 13.4. The summed E-state index contributed by atoms with van der Waals surface area (Å²) < 4.78 is 5.27. The highest BCUT2D eigenvalue weighted by atomic mass is 16.6. The molecular weight excluding hydrogens is 418 g/mol. The van der Waals surface area contributed by atoms with E-state index in [0.29, 0.717) is 12.5 Å². The van der Waals surface area contributed by atoms with Crippen LogP contribution in [-0.4, -0.2) is 47.5 Å². The molecule has 3 amide bonds. The zero-order valence-electron chi connectivity index (χ0n) is 21.3. The summed E-state index contributed by atoms with van der Waals surface area (Å²) in [6.45, 7) is 13.8. The van der Waals surface area contributed by atoms with Gasteiger partial charge in [0.15, 0.2) is 0 Å². The van der Waals surface area contributed by atoms with Gasteiger partial charge in [-0.25, -0.2) is 4.79 Å². The average Bonchev–Trinajstić information content (AvgIpc) is 3.42. The van der Waals surface area contributed by atoms with Crippen LogP contribution >= 0.6 is 0 Å². The summed E-state index contributed by atoms with van der Waals surface area (Å²) in [5.41, 5.74) is 2.23. The van der Waals surface area contributed by atoms with Crippen molar-refractivity contribution in [3.05, 3.63) is 34.9 Å². The van der Waals surface area contributed by atoms with Gasteiger partial charge < -0.3 is 20.3 Å². The van der Waals surface area contributed by atoms with E-state index in [1.54, 1.807) is 25.7 Å². The normalized spacial score (nSPS) is 18.3. The number of unbranched alkanes of at least 4 members (excludes halogenated alkanes) is 2. The molecule has 1 fully saturated rings. The molecule has 3 atom stereocenters. The summed E-state index contributed by atoms with van der Waals surface area (Å²) in [5.74, 6) is -0.164. The summed E-state index contributed by atoms with van der Waals surface area (Å²) in [6.07, 6.45) is 3.19. The Bertz CT molecular complexity index is 846. The minimum atomic E-state index is -0.741. The highest BCUT2D eigenvalue weighted by molar-refractivity contribution is 5.91. The second kappa shape index (κ2) is 11.5. The van der Waals surface area contributed by atoms with Gasteiger partial charge >= 0.3 is 6.09 Å². The standard InChI is InChI=1S/C26H41N3O4/c1-8-9-10-13-27-24(31)23(20-12-11-17(2)14-18(20)3)29(21-15-19(21)4)22(30)16-28-25(32)33-26(5,6)7/h11-12,14,19,21,23H,8-10,13,15-16H2,1-7H3,(H,27,31)(H,28,32). The molecule has 2 N–H and O–H groups in total. The maximum absolute atomic E-state index is 13.4. The first-order valence-corrected chi connectivity index (χ1v) is 12.1. The van der Waals surface area contributed by atoms with Crippen molar-refractivity contribution in [3.8, 4) is 0 Å². The van der Waals surface area contributed by atoms with Gasteiger partial charge in [-0.15, -0.1) is 0 Å². The molecule has 7 heteroatoms. The van der Waals surface area contributed by atoms with Gasteiger partial charge in [-0.3, -0.25) is 9.59 Å². The van der Waals surface area contributed by atoms with Crippen LogP contribution in [0.3, 0.4) is 0 Å². The van der Waals surface area contributed by atoms with Crippen molar-refractivity contribution in [3.63, 3.8) is 0 Å². The van der Waals surface area contributed by atoms with E-state index >= 15 is 0 Å². The number of carbonyl (C=O) groups excluding carboxylic acids is 3. The summed E-state index contributed by atoms with van der Waals surface area (Å²) in [5, 5.41) is 5.60. The van der Waals surface area contributed by atoms with Gasteiger partial charge in [-0.1, -0.05) is 50.5 Å². The summed E-state index contributed by atoms with van der Waals surface area (Å²) in [6, 6.07) is 5.16. The summed E-state index contributed by atoms with van der Waals surface area (Å²) in [7, 11) is 0. The van der Waals surface area contributed by atoms with E-state index in [0.717, 1.165) is 42.4 Å². The highest BCUT2D eigenvalue weighted by Crippen LogP contribution is 2.40. The number of aryl methyl sites for hydroxylation is 2. The number of nitrogens with zero attached hydrogens (tertiary/aromatic N) is 1. The second-order valence-electron chi connectivity index (χ2n) is 10.2. The third kappa shape index (κ3) is 8.06. The molecule has 7 nitrogen and oxygen atoms in total. The van der Waals surface area contributed by atoms with Crippen molar-refractivity contribution < 1.29 is 19.1 Å². The monoisotopic (exact) mass is 459 g/mol. The fourth-order valence-electron chi connectivity index (χ4n) is 4.00. The lowest BCUT2D eigenvalue weighted by Crippen LogP contribution is -2.49. The van der Waals surface area contributed by atoms with Crippen LogP contribution in [0.25, 0.3) is 0 Å². The molecule has 1 aromatic rings. The van der Waals surface area contributed by atoms with Crippen LogP contribution in [0.5, 0.6) is 0 Å². The molecule has 0 saturated heterocycles. The maximum Gasteiger partial charge on any atom is 0.408 e. The molecule has 1 aliphatic carbocycles. The molecule has 1 aromatic carbocycles. The largest absolute Gasteiger partial charge is 0.444 e. The Hall–Kier alpha value is -2.57. The Balaban J connectivity index is 2.29. The number of amides is 3. The van der Waals surface area contributed by atoms with Crippen LogP contribution in [0.15, 0.2) is 18.2 Å². The zero-order valence-corrected chi connectivity index (χ0v) is 21.3. The lowest BCUT2D eigenvalue weighted by Gasteiger charge is -2.33. The number of carbonyl (C=O) groups is 3. The van der Waals surface area contributed by atoms with Crippen LogP contribution in [0, 0.1) is 19.8 Å². The van der Waals surface area contributed by atoms with Gasteiger partial charge in [-0.2, -0.15) is 0 Å². The number of hydrogen-bond donors (Lipinski definition) is 2. The average molecular weight is 460 g/mol. The van der Waals surface area contributed by atoms with Gasteiger partial charge in [0.25, 0.3) is 0 Å². The molecule has 0 aliphatic heterocycles. The molecular formula is C26H41N3O4. The molecule has 0 aromatic heterocycles. The van der Waals surface area contributed by atoms with Crippen molar-refractivity contribution in [2.45, 2.75) is 91.8 Å². The van der Waals surface area contributed by atoms with Crippen molar-refractivity contribution in [1.29, 1.82) is 0 Å². The van der Waals surface area contributed by atoms with E-state index < -0.39 is 17.7 Å². The number of nitrogens with one attached hydrogen (secondary N) is 2. The van der Waals surface area contributed by atoms with Crippen LogP contribution in [-0.2, 0) is 14.3 Å². The van der Waals surface area contributed by atoms with Crippen LogP contribution in [0.2, 0.25) is 0 Å². The lowest BCUT2D eigenvalue weighted by atomic mass is 9.96. The first-order valence-electron chi connectivity index (χ1n) is 12.1. The number of rotatable bonds is 10. The van der Waals surface area contributed by atoms with E-state index in [1.807, 2.05) is 32.0 Å². The zero-order chi connectivity index (χ0) is 24.8. The molecule has 184 valence electrons. The topological polar surface area (TPSA) is 87.7 Å². The minimum absolute atomic E-state index is 0.0370. The van der Waals surface area contributed by atoms with Crippen LogP contribution in [0.4, 0.5) is 4.79 Å². The van der Waals surface area contributed by atoms with Gasteiger partial charge in [0.1, 0.15) is 18.2 Å². The Morgan fingerprint density at radius 2 is 1.82 bits per heavy atom. The van der Waals surface area contributed by atoms with E-state index in [4.69, 9.17) is 4.74 Å². The van der Waals surface area contributed by atoms with Crippen LogP contribution < -0.4 is 10.6 Å². The number of alkyl carbamates (subject to hydrolysis) is 1. The summed E-state index contributed by atoms with van der Waals surface area (Å²) in [4.78, 5) is 40.6. The van der Waals surface area contributed by atoms with E-state index in [-0.39, 0.29) is 24.4 Å². The molecule has 0 bridgehead atoms. The van der Waals surface area contributed by atoms with Crippen LogP contribution in [0.1, 0.15) is 83.0 Å². The molecule has 1 saturated carbocycles. The van der Waals surface area contributed by atoms with Crippen molar-refractivity contribution in [2.75, 3.05) is 13.1 Å². The van der Waals surface area contributed by atoms with Gasteiger partial charge in [0.2, 0.25) is 11.8 Å². The fraction of sp³-hybridized carbons (Fsp3) is 0.654. The summed E-state index contributed by atoms with van der Waals surface area (Å²) >= 11 is 0. The van der Waals surface area contributed by atoms with Gasteiger partial charge in [0.05, 0.1) is 0 Å². The molecule has 3 unspecified atom stereocenters. The minimum Gasteiger partial charge on any atom is -0.444 e. The number of benzene rings is 1. The Kier molecular flexibility index (Phi) is 9.32. The smallest absolute Gasteiger partial charge is 0.408 e. The van der Waals surface area contributed by atoms with Crippen molar-refractivity contribution in [1.82, 2.24) is 15.5 Å². The molecule has 33 heavy (non-hydrogen) atoms. The van der Waals surface area contributed by atoms with Crippen molar-refractivity contribution >= 4 is 17.9 Å². The quantitative estimate of drug-likeness (QED) is 0.507. The third-order valence-electron chi connectivity index (χ3n) is 5.82. The van der Waals surface area contributed by atoms with Gasteiger partial charge in [-0.05, 0) is 64.5 Å². The molecule has 2 rings (SSSR count). The molecule has 0 heterocycles. The lowest BCUT2D eigenvalue weighted by molar-refractivity contribution is -0.141. The highest BCUT2D eigenvalue weighted by Gasteiger charge is 2.46. The third-order valence-corrected chi connectivity index (χ3v) is 5.82. The fourth-order valence-corrected chi connectivity index (χ4v) is 4.00. The predicted octanol–water partition coefficient (Wildman–Crippen LogP) is 4.41. The first kappa shape index (κ1) is 26.7. The van der Waals surface area contributed by atoms with Crippen molar-refractivity contribution in [2.24, 2.45) is 5.92 Å². The second-order valence-corrected chi connectivity index (χ2v) is 10.2. The number of hydrogen-bond acceptors (Lipinski definition) is 4. The SMILES string of the molecule is CCCCCNC(=O)C(c1ccc(C)cc1C)N(C(=O)CNC(=O)OC(C)(C)C)C1CC1C.